The lowest BCUT2D eigenvalue weighted by Gasteiger charge is -2.31. The number of aromatic nitrogens is 2. The van der Waals surface area contributed by atoms with Gasteiger partial charge in [0.05, 0.1) is 6.04 Å². The van der Waals surface area contributed by atoms with Crippen molar-refractivity contribution >= 4 is 5.91 Å². The topological polar surface area (TPSA) is 59.0 Å². The average Bonchev–Trinajstić information content (AvgIpc) is 3.23. The molecule has 1 aromatic heterocycles. The fourth-order valence-electron chi connectivity index (χ4n) is 4.52. The van der Waals surface area contributed by atoms with E-state index >= 15 is 0 Å². The standard InChI is InChI=1S/C19H32N4O/c1-15(2)12-19(8-3-4-9-19)14-21-18(24)17-7-11-23(22-17)16-6-5-10-20-13-16/h7,11,15-16,20H,3-6,8-10,12-14H2,1-2H3,(H,21,24). The molecule has 2 heterocycles. The maximum absolute atomic E-state index is 12.5. The van der Waals surface area contributed by atoms with E-state index in [1.165, 1.54) is 38.5 Å². The molecule has 1 saturated carbocycles. The van der Waals surface area contributed by atoms with Crippen LogP contribution in [0.2, 0.25) is 0 Å². The lowest BCUT2D eigenvalue weighted by molar-refractivity contribution is 0.0915. The highest BCUT2D eigenvalue weighted by Crippen LogP contribution is 2.42. The first-order valence-corrected chi connectivity index (χ1v) is 9.62. The summed E-state index contributed by atoms with van der Waals surface area (Å²) in [5.74, 6) is 0.658. The SMILES string of the molecule is CC(C)CC1(CNC(=O)c2ccn(C3CCCNC3)n2)CCCC1. The molecule has 2 N–H and O–H groups in total. The van der Waals surface area contributed by atoms with Crippen LogP contribution in [0.4, 0.5) is 0 Å². The summed E-state index contributed by atoms with van der Waals surface area (Å²) in [7, 11) is 0. The van der Waals surface area contributed by atoms with Gasteiger partial charge in [-0.15, -0.1) is 0 Å². The van der Waals surface area contributed by atoms with Crippen LogP contribution in [0.15, 0.2) is 12.3 Å². The molecule has 24 heavy (non-hydrogen) atoms. The van der Waals surface area contributed by atoms with Gasteiger partial charge in [0.1, 0.15) is 5.69 Å². The predicted octanol–water partition coefficient (Wildman–Crippen LogP) is 3.14. The van der Waals surface area contributed by atoms with Crippen LogP contribution in [0, 0.1) is 11.3 Å². The lowest BCUT2D eigenvalue weighted by atomic mass is 9.78. The normalized spacial score (nSPS) is 23.5. The summed E-state index contributed by atoms with van der Waals surface area (Å²) in [6.07, 6.45) is 10.5. The molecule has 1 unspecified atom stereocenters. The number of hydrogen-bond acceptors (Lipinski definition) is 3. The van der Waals surface area contributed by atoms with E-state index in [1.54, 1.807) is 0 Å². The zero-order valence-electron chi connectivity index (χ0n) is 15.2. The monoisotopic (exact) mass is 332 g/mol. The first-order chi connectivity index (χ1) is 11.6. The van der Waals surface area contributed by atoms with Crippen LogP contribution in [-0.2, 0) is 0 Å². The molecule has 0 bridgehead atoms. The second kappa shape index (κ2) is 7.68. The summed E-state index contributed by atoms with van der Waals surface area (Å²) in [6.45, 7) is 7.38. The van der Waals surface area contributed by atoms with E-state index in [1.807, 2.05) is 16.9 Å². The molecule has 1 atom stereocenters. The van der Waals surface area contributed by atoms with E-state index in [0.29, 0.717) is 23.1 Å². The molecule has 5 nitrogen and oxygen atoms in total. The van der Waals surface area contributed by atoms with Gasteiger partial charge in [-0.2, -0.15) is 5.10 Å². The maximum Gasteiger partial charge on any atom is 0.271 e. The second-order valence-corrected chi connectivity index (χ2v) is 8.17. The van der Waals surface area contributed by atoms with Crippen molar-refractivity contribution in [1.82, 2.24) is 20.4 Å². The van der Waals surface area contributed by atoms with Crippen molar-refractivity contribution in [2.75, 3.05) is 19.6 Å². The Hall–Kier alpha value is -1.36. The van der Waals surface area contributed by atoms with Gasteiger partial charge in [0, 0.05) is 19.3 Å². The summed E-state index contributed by atoms with van der Waals surface area (Å²) in [6, 6.07) is 2.23. The largest absolute Gasteiger partial charge is 0.350 e. The number of nitrogens with zero attached hydrogens (tertiary/aromatic N) is 2. The molecule has 0 spiro atoms. The van der Waals surface area contributed by atoms with Gasteiger partial charge >= 0.3 is 0 Å². The van der Waals surface area contributed by atoms with Crippen molar-refractivity contribution in [3.63, 3.8) is 0 Å². The van der Waals surface area contributed by atoms with Crippen molar-refractivity contribution in [2.24, 2.45) is 11.3 Å². The van der Waals surface area contributed by atoms with Crippen molar-refractivity contribution in [3.05, 3.63) is 18.0 Å². The zero-order chi connectivity index (χ0) is 17.0. The van der Waals surface area contributed by atoms with Gasteiger partial charge < -0.3 is 10.6 Å². The molecule has 2 aliphatic rings. The Morgan fingerprint density at radius 1 is 1.42 bits per heavy atom. The number of amides is 1. The summed E-state index contributed by atoms with van der Waals surface area (Å²) in [5, 5.41) is 11.1. The van der Waals surface area contributed by atoms with E-state index < -0.39 is 0 Å². The van der Waals surface area contributed by atoms with Gasteiger partial charge in [0.25, 0.3) is 5.91 Å². The fourth-order valence-corrected chi connectivity index (χ4v) is 4.52. The lowest BCUT2D eigenvalue weighted by Crippen LogP contribution is -2.37. The molecule has 134 valence electrons. The van der Waals surface area contributed by atoms with Crippen molar-refractivity contribution < 1.29 is 4.79 Å². The molecule has 1 aromatic rings. The van der Waals surface area contributed by atoms with Crippen LogP contribution in [0.3, 0.4) is 0 Å². The highest BCUT2D eigenvalue weighted by molar-refractivity contribution is 5.92. The Labute approximate surface area is 145 Å². The first kappa shape index (κ1) is 17.5. The van der Waals surface area contributed by atoms with Crippen LogP contribution >= 0.6 is 0 Å². The van der Waals surface area contributed by atoms with Gasteiger partial charge in [-0.3, -0.25) is 9.48 Å². The van der Waals surface area contributed by atoms with Crippen LogP contribution in [0.5, 0.6) is 0 Å². The summed E-state index contributed by atoms with van der Waals surface area (Å²) >= 11 is 0. The van der Waals surface area contributed by atoms with Gasteiger partial charge in [-0.25, -0.2) is 0 Å². The molecule has 1 aliphatic carbocycles. The Balaban J connectivity index is 1.57. The zero-order valence-corrected chi connectivity index (χ0v) is 15.2. The third-order valence-corrected chi connectivity index (χ3v) is 5.62. The van der Waals surface area contributed by atoms with E-state index in [9.17, 15) is 4.79 Å². The minimum atomic E-state index is -0.0208. The number of carbonyl (C=O) groups is 1. The van der Waals surface area contributed by atoms with E-state index in [4.69, 9.17) is 0 Å². The molecule has 3 rings (SSSR count). The van der Waals surface area contributed by atoms with E-state index in [0.717, 1.165) is 26.1 Å². The van der Waals surface area contributed by atoms with Crippen molar-refractivity contribution in [2.45, 2.75) is 64.8 Å². The van der Waals surface area contributed by atoms with Crippen LogP contribution < -0.4 is 10.6 Å². The highest BCUT2D eigenvalue weighted by Gasteiger charge is 2.34. The average molecular weight is 332 g/mol. The molecular weight excluding hydrogens is 300 g/mol. The quantitative estimate of drug-likeness (QED) is 0.841. The molecule has 1 aliphatic heterocycles. The Morgan fingerprint density at radius 2 is 2.21 bits per heavy atom. The minimum absolute atomic E-state index is 0.0208. The van der Waals surface area contributed by atoms with Gasteiger partial charge in [-0.05, 0) is 56.0 Å². The van der Waals surface area contributed by atoms with Crippen molar-refractivity contribution in [3.8, 4) is 0 Å². The molecule has 5 heteroatoms. The molecule has 1 saturated heterocycles. The summed E-state index contributed by atoms with van der Waals surface area (Å²) < 4.78 is 1.96. The third kappa shape index (κ3) is 4.18. The van der Waals surface area contributed by atoms with Crippen molar-refractivity contribution in [1.29, 1.82) is 0 Å². The predicted molar refractivity (Wildman–Crippen MR) is 96.1 cm³/mol. The number of rotatable bonds is 6. The molecule has 1 amide bonds. The van der Waals surface area contributed by atoms with Crippen LogP contribution in [0.1, 0.15) is 75.3 Å². The summed E-state index contributed by atoms with van der Waals surface area (Å²) in [4.78, 5) is 12.5. The second-order valence-electron chi connectivity index (χ2n) is 8.17. The van der Waals surface area contributed by atoms with Gasteiger partial charge in [0.2, 0.25) is 0 Å². The third-order valence-electron chi connectivity index (χ3n) is 5.62. The Kier molecular flexibility index (Phi) is 5.59. The van der Waals surface area contributed by atoms with Crippen LogP contribution in [0.25, 0.3) is 0 Å². The number of piperidine rings is 1. The molecule has 0 radical (unpaired) electrons. The number of carbonyl (C=O) groups excluding carboxylic acids is 1. The van der Waals surface area contributed by atoms with E-state index in [2.05, 4.69) is 29.6 Å². The first-order valence-electron chi connectivity index (χ1n) is 9.62. The van der Waals surface area contributed by atoms with Gasteiger partial charge in [-0.1, -0.05) is 26.7 Å². The smallest absolute Gasteiger partial charge is 0.271 e. The van der Waals surface area contributed by atoms with Gasteiger partial charge in [0.15, 0.2) is 0 Å². The Morgan fingerprint density at radius 3 is 2.88 bits per heavy atom. The van der Waals surface area contributed by atoms with Crippen LogP contribution in [-0.4, -0.2) is 35.3 Å². The molecule has 0 aromatic carbocycles. The Bertz CT molecular complexity index is 539. The number of nitrogens with one attached hydrogen (secondary N) is 2. The molecular formula is C19H32N4O. The molecule has 2 fully saturated rings. The summed E-state index contributed by atoms with van der Waals surface area (Å²) in [5.41, 5.74) is 0.859. The number of hydrogen-bond donors (Lipinski definition) is 2. The maximum atomic E-state index is 12.5. The van der Waals surface area contributed by atoms with E-state index in [-0.39, 0.29) is 5.91 Å². The minimum Gasteiger partial charge on any atom is -0.350 e. The fraction of sp³-hybridized carbons (Fsp3) is 0.789. The highest BCUT2D eigenvalue weighted by atomic mass is 16.1.